The molecule has 0 amide bonds. The number of hydrogen-bond acceptors (Lipinski definition) is 4. The minimum Gasteiger partial charge on any atom is -0.465 e. The van der Waals surface area contributed by atoms with Crippen molar-refractivity contribution in [2.45, 2.75) is 59.0 Å². The average molecular weight is 270 g/mol. The summed E-state index contributed by atoms with van der Waals surface area (Å²) in [7, 11) is 0. The van der Waals surface area contributed by atoms with Gasteiger partial charge in [-0.2, -0.15) is 0 Å². The van der Waals surface area contributed by atoms with Crippen molar-refractivity contribution in [3.05, 3.63) is 0 Å². The van der Waals surface area contributed by atoms with Crippen LogP contribution in [0.5, 0.6) is 0 Å². The molecule has 0 radical (unpaired) electrons. The molecule has 1 atom stereocenters. The largest absolute Gasteiger partial charge is 0.465 e. The van der Waals surface area contributed by atoms with Crippen LogP contribution in [-0.2, 0) is 9.53 Å². The van der Waals surface area contributed by atoms with Crippen LogP contribution in [0.1, 0.15) is 47.5 Å². The van der Waals surface area contributed by atoms with Crippen molar-refractivity contribution >= 4 is 5.97 Å². The van der Waals surface area contributed by atoms with E-state index < -0.39 is 5.54 Å². The summed E-state index contributed by atoms with van der Waals surface area (Å²) < 4.78 is 5.24. The number of ether oxygens (including phenoxy) is 1. The number of carbonyl (C=O) groups is 1. The molecule has 0 spiro atoms. The van der Waals surface area contributed by atoms with E-state index in [1.165, 1.54) is 12.8 Å². The maximum Gasteiger partial charge on any atom is 0.327 e. The van der Waals surface area contributed by atoms with Gasteiger partial charge in [-0.25, -0.2) is 0 Å². The van der Waals surface area contributed by atoms with Crippen LogP contribution in [0.15, 0.2) is 0 Å². The van der Waals surface area contributed by atoms with Gasteiger partial charge in [-0.1, -0.05) is 20.8 Å². The van der Waals surface area contributed by atoms with Gasteiger partial charge in [0.2, 0.25) is 0 Å². The maximum atomic E-state index is 12.2. The number of rotatable bonds is 9. The normalized spacial score (nSPS) is 18.7. The Morgan fingerprint density at radius 1 is 1.42 bits per heavy atom. The zero-order valence-electron chi connectivity index (χ0n) is 13.2. The van der Waals surface area contributed by atoms with Gasteiger partial charge < -0.3 is 10.1 Å². The molecule has 1 fully saturated rings. The van der Waals surface area contributed by atoms with Gasteiger partial charge in [-0.15, -0.1) is 0 Å². The first-order valence-corrected chi connectivity index (χ1v) is 7.59. The SMILES string of the molecule is CCNC(C)(CN(CC(C)C)C1CC1)C(=O)OCC. The second-order valence-electron chi connectivity index (χ2n) is 6.14. The van der Waals surface area contributed by atoms with Crippen LogP contribution < -0.4 is 5.32 Å². The third-order valence-electron chi connectivity index (χ3n) is 3.48. The molecule has 1 saturated carbocycles. The third kappa shape index (κ3) is 5.11. The van der Waals surface area contributed by atoms with E-state index in [0.29, 0.717) is 18.6 Å². The third-order valence-corrected chi connectivity index (χ3v) is 3.48. The number of carbonyl (C=O) groups excluding carboxylic acids is 1. The summed E-state index contributed by atoms with van der Waals surface area (Å²) in [6.07, 6.45) is 2.52. The molecule has 0 bridgehead atoms. The second-order valence-corrected chi connectivity index (χ2v) is 6.14. The Balaban J connectivity index is 2.70. The highest BCUT2D eigenvalue weighted by atomic mass is 16.5. The fourth-order valence-corrected chi connectivity index (χ4v) is 2.53. The van der Waals surface area contributed by atoms with Gasteiger partial charge in [0.25, 0.3) is 0 Å². The molecule has 1 unspecified atom stereocenters. The standard InChI is InChI=1S/C15H30N2O2/c1-6-16-15(5,14(18)19-7-2)11-17(10-12(3)4)13-8-9-13/h12-13,16H,6-11H2,1-5H3. The Labute approximate surface area is 117 Å². The molecule has 0 aromatic heterocycles. The zero-order valence-corrected chi connectivity index (χ0v) is 13.2. The van der Waals surface area contributed by atoms with Crippen LogP contribution >= 0.6 is 0 Å². The molecule has 4 nitrogen and oxygen atoms in total. The maximum absolute atomic E-state index is 12.2. The fraction of sp³-hybridized carbons (Fsp3) is 0.933. The van der Waals surface area contributed by atoms with Crippen molar-refractivity contribution in [1.82, 2.24) is 10.2 Å². The first-order valence-electron chi connectivity index (χ1n) is 7.59. The molecule has 112 valence electrons. The molecule has 0 saturated heterocycles. The highest BCUT2D eigenvalue weighted by Gasteiger charge is 2.40. The molecule has 19 heavy (non-hydrogen) atoms. The average Bonchev–Trinajstić information content (AvgIpc) is 3.11. The summed E-state index contributed by atoms with van der Waals surface area (Å²) in [5, 5.41) is 3.31. The minimum absolute atomic E-state index is 0.133. The fourth-order valence-electron chi connectivity index (χ4n) is 2.53. The van der Waals surface area contributed by atoms with Crippen molar-refractivity contribution in [2.24, 2.45) is 5.92 Å². The van der Waals surface area contributed by atoms with Gasteiger partial charge in [0.05, 0.1) is 6.61 Å². The van der Waals surface area contributed by atoms with Gasteiger partial charge in [-0.3, -0.25) is 9.69 Å². The minimum atomic E-state index is -0.595. The van der Waals surface area contributed by atoms with Crippen molar-refractivity contribution in [3.63, 3.8) is 0 Å². The Morgan fingerprint density at radius 2 is 2.05 bits per heavy atom. The Morgan fingerprint density at radius 3 is 2.47 bits per heavy atom. The molecule has 0 aromatic carbocycles. The lowest BCUT2D eigenvalue weighted by molar-refractivity contribution is -0.151. The Bertz CT molecular complexity index is 290. The van der Waals surface area contributed by atoms with E-state index in [9.17, 15) is 4.79 Å². The summed E-state index contributed by atoms with van der Waals surface area (Å²) >= 11 is 0. The van der Waals surface area contributed by atoms with E-state index >= 15 is 0 Å². The number of esters is 1. The van der Waals surface area contributed by atoms with E-state index in [1.807, 2.05) is 20.8 Å². The zero-order chi connectivity index (χ0) is 14.5. The summed E-state index contributed by atoms with van der Waals surface area (Å²) in [6, 6.07) is 0.662. The Kier molecular flexibility index (Phi) is 6.27. The Hall–Kier alpha value is -0.610. The molecule has 0 heterocycles. The number of nitrogens with zero attached hydrogens (tertiary/aromatic N) is 1. The van der Waals surface area contributed by atoms with E-state index in [-0.39, 0.29) is 5.97 Å². The van der Waals surface area contributed by atoms with Crippen LogP contribution in [-0.4, -0.2) is 48.7 Å². The van der Waals surface area contributed by atoms with Gasteiger partial charge in [0.15, 0.2) is 0 Å². The first kappa shape index (κ1) is 16.4. The molecular weight excluding hydrogens is 240 g/mol. The van der Waals surface area contributed by atoms with Gasteiger partial charge in [0, 0.05) is 19.1 Å². The van der Waals surface area contributed by atoms with Gasteiger partial charge in [0.1, 0.15) is 5.54 Å². The molecule has 1 aliphatic carbocycles. The summed E-state index contributed by atoms with van der Waals surface area (Å²) in [5.41, 5.74) is -0.595. The van der Waals surface area contributed by atoms with E-state index in [1.54, 1.807) is 0 Å². The smallest absolute Gasteiger partial charge is 0.327 e. The molecule has 1 aliphatic rings. The molecule has 0 aromatic rings. The van der Waals surface area contributed by atoms with Crippen LogP contribution in [0.3, 0.4) is 0 Å². The summed E-state index contributed by atoms with van der Waals surface area (Å²) in [6.45, 7) is 13.3. The monoisotopic (exact) mass is 270 g/mol. The molecule has 1 N–H and O–H groups in total. The summed E-state index contributed by atoms with van der Waals surface area (Å²) in [5.74, 6) is 0.486. The second kappa shape index (κ2) is 7.25. The van der Waals surface area contributed by atoms with Crippen LogP contribution in [0.4, 0.5) is 0 Å². The van der Waals surface area contributed by atoms with Crippen molar-refractivity contribution in [2.75, 3.05) is 26.2 Å². The lowest BCUT2D eigenvalue weighted by Gasteiger charge is -2.35. The number of likely N-dealkylation sites (N-methyl/N-ethyl adjacent to an activating group) is 1. The van der Waals surface area contributed by atoms with Crippen molar-refractivity contribution in [3.8, 4) is 0 Å². The molecular formula is C15H30N2O2. The van der Waals surface area contributed by atoms with Crippen molar-refractivity contribution in [1.29, 1.82) is 0 Å². The quantitative estimate of drug-likeness (QED) is 0.651. The topological polar surface area (TPSA) is 41.6 Å². The van der Waals surface area contributed by atoms with Gasteiger partial charge in [-0.05, 0) is 39.2 Å². The predicted octanol–water partition coefficient (Wildman–Crippen LogP) is 2.04. The van der Waals surface area contributed by atoms with E-state index in [2.05, 4.69) is 24.1 Å². The summed E-state index contributed by atoms with van der Waals surface area (Å²) in [4.78, 5) is 14.7. The van der Waals surface area contributed by atoms with E-state index in [4.69, 9.17) is 4.74 Å². The first-order chi connectivity index (χ1) is 8.92. The van der Waals surface area contributed by atoms with Gasteiger partial charge >= 0.3 is 5.97 Å². The number of nitrogens with one attached hydrogen (secondary N) is 1. The molecule has 4 heteroatoms. The van der Waals surface area contributed by atoms with Crippen LogP contribution in [0, 0.1) is 5.92 Å². The lowest BCUT2D eigenvalue weighted by atomic mass is 10.0. The highest BCUT2D eigenvalue weighted by molar-refractivity contribution is 5.80. The van der Waals surface area contributed by atoms with Crippen LogP contribution in [0.2, 0.25) is 0 Å². The highest BCUT2D eigenvalue weighted by Crippen LogP contribution is 2.29. The van der Waals surface area contributed by atoms with Crippen molar-refractivity contribution < 1.29 is 9.53 Å². The van der Waals surface area contributed by atoms with Crippen LogP contribution in [0.25, 0.3) is 0 Å². The lowest BCUT2D eigenvalue weighted by Crippen LogP contribution is -2.58. The number of hydrogen-bond donors (Lipinski definition) is 1. The van der Waals surface area contributed by atoms with E-state index in [0.717, 1.165) is 19.6 Å². The molecule has 0 aliphatic heterocycles. The molecule has 1 rings (SSSR count). The predicted molar refractivity (Wildman–Crippen MR) is 78.1 cm³/mol.